The number of ether oxygens (including phenoxy) is 2. The van der Waals surface area contributed by atoms with Crippen LogP contribution in [0.5, 0.6) is 0 Å². The summed E-state index contributed by atoms with van der Waals surface area (Å²) in [6, 6.07) is -0.710. The Morgan fingerprint density at radius 2 is 1.94 bits per heavy atom. The molecule has 0 aromatic carbocycles. The topological polar surface area (TPSA) is 91.1 Å². The summed E-state index contributed by atoms with van der Waals surface area (Å²) >= 11 is 0. The van der Waals surface area contributed by atoms with Crippen molar-refractivity contribution >= 4 is 12.1 Å². The molecule has 1 fully saturated rings. The fourth-order valence-corrected chi connectivity index (χ4v) is 1.78. The molecule has 2 unspecified atom stereocenters. The average molecular weight is 260 g/mol. The molecule has 0 spiro atoms. The van der Waals surface area contributed by atoms with E-state index in [1.807, 2.05) is 0 Å². The SMILES string of the molecule is COC(=O)C1CC(ON)CN1C(=O)OC(C)(C)C. The van der Waals surface area contributed by atoms with Gasteiger partial charge in [0.05, 0.1) is 19.8 Å². The third-order valence-electron chi connectivity index (χ3n) is 2.56. The standard InChI is InChI=1S/C11H20N2O5/c1-11(2,3)17-10(15)13-6-7(18-12)5-8(13)9(14)16-4/h7-8H,5-6,12H2,1-4H3. The van der Waals surface area contributed by atoms with Gasteiger partial charge in [-0.05, 0) is 20.8 Å². The summed E-state index contributed by atoms with van der Waals surface area (Å²) in [6.07, 6.45) is -0.651. The van der Waals surface area contributed by atoms with Gasteiger partial charge in [-0.3, -0.25) is 9.74 Å². The molecule has 1 amide bonds. The van der Waals surface area contributed by atoms with Crippen LogP contribution < -0.4 is 5.90 Å². The lowest BCUT2D eigenvalue weighted by Gasteiger charge is -2.27. The van der Waals surface area contributed by atoms with Crippen molar-refractivity contribution in [1.82, 2.24) is 4.90 Å². The minimum absolute atomic E-state index is 0.213. The highest BCUT2D eigenvalue weighted by Gasteiger charge is 2.42. The van der Waals surface area contributed by atoms with Gasteiger partial charge in [-0.25, -0.2) is 15.5 Å². The maximum Gasteiger partial charge on any atom is 0.411 e. The molecule has 0 saturated carbocycles. The highest BCUT2D eigenvalue weighted by molar-refractivity contribution is 5.82. The van der Waals surface area contributed by atoms with E-state index in [0.29, 0.717) is 6.42 Å². The molecule has 2 N–H and O–H groups in total. The molecular weight excluding hydrogens is 240 g/mol. The summed E-state index contributed by atoms with van der Waals surface area (Å²) in [5.41, 5.74) is -0.626. The van der Waals surface area contributed by atoms with E-state index in [4.69, 9.17) is 10.6 Å². The smallest absolute Gasteiger partial charge is 0.411 e. The lowest BCUT2D eigenvalue weighted by Crippen LogP contribution is -2.44. The van der Waals surface area contributed by atoms with Crippen molar-refractivity contribution in [2.24, 2.45) is 5.90 Å². The molecule has 0 aliphatic carbocycles. The van der Waals surface area contributed by atoms with Gasteiger partial charge in [0.25, 0.3) is 0 Å². The largest absolute Gasteiger partial charge is 0.467 e. The van der Waals surface area contributed by atoms with Gasteiger partial charge in [-0.2, -0.15) is 0 Å². The van der Waals surface area contributed by atoms with E-state index < -0.39 is 23.7 Å². The highest BCUT2D eigenvalue weighted by Crippen LogP contribution is 2.23. The van der Waals surface area contributed by atoms with E-state index in [9.17, 15) is 9.59 Å². The molecule has 0 bridgehead atoms. The summed E-state index contributed by atoms with van der Waals surface area (Å²) in [6.45, 7) is 5.48. The molecule has 104 valence electrons. The molecule has 18 heavy (non-hydrogen) atoms. The zero-order valence-electron chi connectivity index (χ0n) is 11.1. The van der Waals surface area contributed by atoms with E-state index in [1.54, 1.807) is 20.8 Å². The Morgan fingerprint density at radius 1 is 1.33 bits per heavy atom. The Hall–Kier alpha value is -1.34. The van der Waals surface area contributed by atoms with Gasteiger partial charge in [-0.1, -0.05) is 0 Å². The maximum absolute atomic E-state index is 12.0. The fraction of sp³-hybridized carbons (Fsp3) is 0.818. The normalized spacial score (nSPS) is 23.9. The third kappa shape index (κ3) is 3.58. The second kappa shape index (κ2) is 5.53. The van der Waals surface area contributed by atoms with Crippen LogP contribution in [0, 0.1) is 0 Å². The zero-order chi connectivity index (χ0) is 13.9. The van der Waals surface area contributed by atoms with E-state index in [1.165, 1.54) is 12.0 Å². The van der Waals surface area contributed by atoms with Gasteiger partial charge in [0.2, 0.25) is 0 Å². The molecule has 1 saturated heterocycles. The minimum Gasteiger partial charge on any atom is -0.467 e. The minimum atomic E-state index is -0.710. The van der Waals surface area contributed by atoms with Crippen LogP contribution in [0.25, 0.3) is 0 Å². The number of hydrogen-bond donors (Lipinski definition) is 1. The van der Waals surface area contributed by atoms with E-state index in [2.05, 4.69) is 9.57 Å². The molecule has 7 heteroatoms. The summed E-state index contributed by atoms with van der Waals surface area (Å²) in [5.74, 6) is 4.60. The maximum atomic E-state index is 12.0. The summed E-state index contributed by atoms with van der Waals surface area (Å²) in [5, 5.41) is 0. The Balaban J connectivity index is 2.77. The van der Waals surface area contributed by atoms with Crippen molar-refractivity contribution in [1.29, 1.82) is 0 Å². The summed E-state index contributed by atoms with van der Waals surface area (Å²) < 4.78 is 9.87. The lowest BCUT2D eigenvalue weighted by molar-refractivity contribution is -0.145. The second-order valence-electron chi connectivity index (χ2n) is 5.17. The highest BCUT2D eigenvalue weighted by atomic mass is 16.6. The number of nitrogens with two attached hydrogens (primary N) is 1. The predicted molar refractivity (Wildman–Crippen MR) is 62.4 cm³/mol. The van der Waals surface area contributed by atoms with Crippen molar-refractivity contribution in [2.45, 2.75) is 44.9 Å². The zero-order valence-corrected chi connectivity index (χ0v) is 11.1. The Morgan fingerprint density at radius 3 is 2.39 bits per heavy atom. The Bertz CT molecular complexity index is 326. The van der Waals surface area contributed by atoms with E-state index in [0.717, 1.165) is 0 Å². The first-order valence-electron chi connectivity index (χ1n) is 5.71. The average Bonchev–Trinajstić information content (AvgIpc) is 2.69. The Kier molecular flexibility index (Phi) is 4.53. The van der Waals surface area contributed by atoms with Crippen LogP contribution in [0.2, 0.25) is 0 Å². The molecule has 0 aromatic heterocycles. The quantitative estimate of drug-likeness (QED) is 0.572. The summed E-state index contributed by atoms with van der Waals surface area (Å²) in [7, 11) is 1.27. The van der Waals surface area contributed by atoms with Crippen LogP contribution >= 0.6 is 0 Å². The van der Waals surface area contributed by atoms with Crippen molar-refractivity contribution in [3.8, 4) is 0 Å². The van der Waals surface area contributed by atoms with Crippen molar-refractivity contribution in [2.75, 3.05) is 13.7 Å². The number of amides is 1. The molecule has 0 radical (unpaired) electrons. The van der Waals surface area contributed by atoms with Crippen LogP contribution in [-0.4, -0.2) is 48.4 Å². The molecule has 1 heterocycles. The van der Waals surface area contributed by atoms with Gasteiger partial charge < -0.3 is 9.47 Å². The van der Waals surface area contributed by atoms with Crippen molar-refractivity contribution in [3.63, 3.8) is 0 Å². The van der Waals surface area contributed by atoms with Crippen LogP contribution in [-0.2, 0) is 19.1 Å². The number of methoxy groups -OCH3 is 1. The predicted octanol–water partition coefficient (Wildman–Crippen LogP) is 0.428. The number of esters is 1. The van der Waals surface area contributed by atoms with Crippen molar-refractivity contribution < 1.29 is 23.9 Å². The number of hydrogen-bond acceptors (Lipinski definition) is 6. The Labute approximate surface area is 106 Å². The number of nitrogens with zero attached hydrogens (tertiary/aromatic N) is 1. The number of rotatable bonds is 2. The molecule has 1 aliphatic heterocycles. The first kappa shape index (κ1) is 14.7. The molecule has 0 aromatic rings. The van der Waals surface area contributed by atoms with Gasteiger partial charge in [0.15, 0.2) is 0 Å². The first-order valence-corrected chi connectivity index (χ1v) is 5.71. The molecule has 7 nitrogen and oxygen atoms in total. The van der Waals surface area contributed by atoms with Crippen LogP contribution in [0.1, 0.15) is 27.2 Å². The van der Waals surface area contributed by atoms with E-state index in [-0.39, 0.29) is 12.6 Å². The van der Waals surface area contributed by atoms with Gasteiger partial charge in [0.1, 0.15) is 11.6 Å². The fourth-order valence-electron chi connectivity index (χ4n) is 1.78. The van der Waals surface area contributed by atoms with Crippen LogP contribution in [0.15, 0.2) is 0 Å². The van der Waals surface area contributed by atoms with Gasteiger partial charge >= 0.3 is 12.1 Å². The number of carbonyl (C=O) groups is 2. The van der Waals surface area contributed by atoms with Crippen LogP contribution in [0.4, 0.5) is 4.79 Å². The molecule has 1 rings (SSSR count). The van der Waals surface area contributed by atoms with Gasteiger partial charge in [-0.15, -0.1) is 0 Å². The summed E-state index contributed by atoms with van der Waals surface area (Å²) in [4.78, 5) is 29.5. The van der Waals surface area contributed by atoms with Gasteiger partial charge in [0, 0.05) is 6.42 Å². The van der Waals surface area contributed by atoms with E-state index >= 15 is 0 Å². The monoisotopic (exact) mass is 260 g/mol. The third-order valence-corrected chi connectivity index (χ3v) is 2.56. The first-order chi connectivity index (χ1) is 8.28. The number of carbonyl (C=O) groups excluding carboxylic acids is 2. The lowest BCUT2D eigenvalue weighted by atomic mass is 10.2. The van der Waals surface area contributed by atoms with Crippen molar-refractivity contribution in [3.05, 3.63) is 0 Å². The molecule has 1 aliphatic rings. The molecule has 2 atom stereocenters. The number of likely N-dealkylation sites (tertiary alicyclic amines) is 1. The second-order valence-corrected chi connectivity index (χ2v) is 5.17. The molecular formula is C11H20N2O5. The van der Waals surface area contributed by atoms with Crippen LogP contribution in [0.3, 0.4) is 0 Å².